The fourth-order valence-corrected chi connectivity index (χ4v) is 2.25. The molecule has 2 nitrogen and oxygen atoms in total. The van der Waals surface area contributed by atoms with E-state index in [1.54, 1.807) is 0 Å². The molecule has 1 saturated carbocycles. The van der Waals surface area contributed by atoms with Crippen LogP contribution in [-0.2, 0) is 4.79 Å². The van der Waals surface area contributed by atoms with Gasteiger partial charge in [0.2, 0.25) is 0 Å². The van der Waals surface area contributed by atoms with Gasteiger partial charge in [-0.05, 0) is 25.2 Å². The average Bonchev–Trinajstić information content (AvgIpc) is 2.07. The summed E-state index contributed by atoms with van der Waals surface area (Å²) >= 11 is 0. The van der Waals surface area contributed by atoms with Crippen LogP contribution >= 0.6 is 0 Å². The maximum Gasteiger partial charge on any atom is 0.306 e. The number of hydrogen-bond donors (Lipinski definition) is 1. The first-order chi connectivity index (χ1) is 5.75. The van der Waals surface area contributed by atoms with E-state index in [1.807, 2.05) is 6.92 Å². The molecular weight excluding hydrogens is 238 g/mol. The number of carboxylic acid groups (broad SMARTS) is 1. The van der Waals surface area contributed by atoms with Crippen LogP contribution in [0.25, 0.3) is 0 Å². The Morgan fingerprint density at radius 2 is 1.92 bits per heavy atom. The van der Waals surface area contributed by atoms with E-state index < -0.39 is 5.97 Å². The van der Waals surface area contributed by atoms with Crippen molar-refractivity contribution in [2.75, 3.05) is 0 Å². The van der Waals surface area contributed by atoms with E-state index >= 15 is 0 Å². The van der Waals surface area contributed by atoms with E-state index in [0.717, 1.165) is 19.3 Å². The first kappa shape index (κ1) is 14.3. The molecule has 1 atom stereocenters. The number of rotatable bonds is 3. The van der Waals surface area contributed by atoms with Crippen molar-refractivity contribution >= 4 is 64.2 Å². The zero-order valence-electron chi connectivity index (χ0n) is 8.75. The van der Waals surface area contributed by atoms with Crippen molar-refractivity contribution in [3.8, 4) is 0 Å². The van der Waals surface area contributed by atoms with Crippen LogP contribution in [0.4, 0.5) is 0 Å². The Kier molecular flexibility index (Phi) is 8.29. The van der Waals surface area contributed by atoms with E-state index in [9.17, 15) is 4.79 Å². The summed E-state index contributed by atoms with van der Waals surface area (Å²) in [5.74, 6) is -0.212. The van der Waals surface area contributed by atoms with Gasteiger partial charge in [0.05, 0.1) is 5.92 Å². The molecule has 1 rings (SSSR count). The fourth-order valence-electron chi connectivity index (χ4n) is 2.25. The van der Waals surface area contributed by atoms with Crippen LogP contribution in [0.1, 0.15) is 45.4 Å². The standard InChI is InChI=1S/C10H18O2.Rb/c1-2-9(10(11)12)8-6-4-3-5-7-8;/h8-9H,2-7H2,1H3,(H,11,12);. The Hall–Kier alpha value is 1.28. The Morgan fingerprint density at radius 3 is 2.31 bits per heavy atom. The summed E-state index contributed by atoms with van der Waals surface area (Å²) in [5, 5.41) is 8.93. The fraction of sp³-hybridized carbons (Fsp3) is 0.900. The van der Waals surface area contributed by atoms with Crippen molar-refractivity contribution in [2.24, 2.45) is 11.8 Å². The molecule has 0 aromatic carbocycles. The normalized spacial score (nSPS) is 20.4. The summed E-state index contributed by atoms with van der Waals surface area (Å²) in [6.45, 7) is 1.98. The van der Waals surface area contributed by atoms with E-state index in [4.69, 9.17) is 5.11 Å². The molecule has 0 bridgehead atoms. The average molecular weight is 256 g/mol. The number of carbonyl (C=O) groups is 1. The minimum Gasteiger partial charge on any atom is -0.481 e. The third-order valence-corrected chi connectivity index (χ3v) is 2.98. The van der Waals surface area contributed by atoms with Gasteiger partial charge in [-0.15, -0.1) is 0 Å². The van der Waals surface area contributed by atoms with Gasteiger partial charge in [0.25, 0.3) is 0 Å². The van der Waals surface area contributed by atoms with Crippen LogP contribution in [0, 0.1) is 11.8 Å². The molecular formula is C10H18O2Rb. The number of carboxylic acids is 1. The molecule has 0 amide bonds. The van der Waals surface area contributed by atoms with Crippen molar-refractivity contribution < 1.29 is 9.90 Å². The second kappa shape index (κ2) is 7.55. The van der Waals surface area contributed by atoms with Crippen LogP contribution in [0.3, 0.4) is 0 Å². The van der Waals surface area contributed by atoms with Crippen molar-refractivity contribution in [3.05, 3.63) is 0 Å². The maximum atomic E-state index is 10.8. The summed E-state index contributed by atoms with van der Waals surface area (Å²) in [5.41, 5.74) is 0. The van der Waals surface area contributed by atoms with Crippen molar-refractivity contribution in [3.63, 3.8) is 0 Å². The van der Waals surface area contributed by atoms with Gasteiger partial charge in [-0.2, -0.15) is 0 Å². The molecule has 1 fully saturated rings. The molecule has 1 radical (unpaired) electrons. The Morgan fingerprint density at radius 1 is 1.38 bits per heavy atom. The summed E-state index contributed by atoms with van der Waals surface area (Å²) < 4.78 is 0. The Balaban J connectivity index is 0.00000144. The Labute approximate surface area is 129 Å². The smallest absolute Gasteiger partial charge is 0.306 e. The molecule has 1 unspecified atom stereocenters. The van der Waals surface area contributed by atoms with Crippen LogP contribution < -0.4 is 0 Å². The van der Waals surface area contributed by atoms with Crippen LogP contribution in [0.2, 0.25) is 0 Å². The molecule has 0 heterocycles. The summed E-state index contributed by atoms with van der Waals surface area (Å²) in [4.78, 5) is 10.8. The molecule has 1 N–H and O–H groups in total. The van der Waals surface area contributed by atoms with Crippen molar-refractivity contribution in [1.29, 1.82) is 0 Å². The van der Waals surface area contributed by atoms with E-state index in [-0.39, 0.29) is 64.1 Å². The third kappa shape index (κ3) is 4.54. The van der Waals surface area contributed by atoms with E-state index in [2.05, 4.69) is 0 Å². The monoisotopic (exact) mass is 255 g/mol. The third-order valence-electron chi connectivity index (χ3n) is 2.98. The predicted molar refractivity (Wildman–Crippen MR) is 53.7 cm³/mol. The van der Waals surface area contributed by atoms with E-state index in [1.165, 1.54) is 19.3 Å². The topological polar surface area (TPSA) is 37.3 Å². The quantitative estimate of drug-likeness (QED) is 0.840. The largest absolute Gasteiger partial charge is 0.481 e. The second-order valence-corrected chi connectivity index (χ2v) is 3.75. The zero-order chi connectivity index (χ0) is 8.97. The molecule has 13 heavy (non-hydrogen) atoms. The van der Waals surface area contributed by atoms with Gasteiger partial charge >= 0.3 is 5.97 Å². The van der Waals surface area contributed by atoms with Gasteiger partial charge in [0.1, 0.15) is 0 Å². The second-order valence-electron chi connectivity index (χ2n) is 3.75. The van der Waals surface area contributed by atoms with Gasteiger partial charge in [0.15, 0.2) is 0 Å². The minimum atomic E-state index is -0.593. The Bertz CT molecular complexity index is 153. The van der Waals surface area contributed by atoms with Gasteiger partial charge in [-0.3, -0.25) is 4.79 Å². The molecule has 1 aliphatic rings. The molecule has 0 aromatic heterocycles. The molecule has 71 valence electrons. The number of hydrogen-bond acceptors (Lipinski definition) is 1. The van der Waals surface area contributed by atoms with Crippen molar-refractivity contribution in [1.82, 2.24) is 0 Å². The van der Waals surface area contributed by atoms with Gasteiger partial charge in [-0.25, -0.2) is 0 Å². The predicted octanol–water partition coefficient (Wildman–Crippen LogP) is 2.30. The van der Waals surface area contributed by atoms with Gasteiger partial charge in [0, 0.05) is 58.2 Å². The van der Waals surface area contributed by atoms with Gasteiger partial charge < -0.3 is 5.11 Å². The summed E-state index contributed by atoms with van der Waals surface area (Å²) in [7, 11) is 0. The SMILES string of the molecule is CCC(C(=O)O)C1CCCCC1.[Rb]. The molecule has 0 saturated heterocycles. The first-order valence-corrected chi connectivity index (χ1v) is 4.98. The van der Waals surface area contributed by atoms with Crippen LogP contribution in [0.15, 0.2) is 0 Å². The van der Waals surface area contributed by atoms with Crippen molar-refractivity contribution in [2.45, 2.75) is 45.4 Å². The summed E-state index contributed by atoms with van der Waals surface area (Å²) in [6, 6.07) is 0. The van der Waals surface area contributed by atoms with E-state index in [0.29, 0.717) is 5.92 Å². The minimum absolute atomic E-state index is 0. The molecule has 0 spiro atoms. The van der Waals surface area contributed by atoms with Gasteiger partial charge in [-0.1, -0.05) is 26.2 Å². The zero-order valence-corrected chi connectivity index (χ0v) is 13.7. The first-order valence-electron chi connectivity index (χ1n) is 4.98. The molecule has 0 aliphatic heterocycles. The summed E-state index contributed by atoms with van der Waals surface area (Å²) in [6.07, 6.45) is 6.81. The maximum absolute atomic E-state index is 10.8. The van der Waals surface area contributed by atoms with Crippen LogP contribution in [-0.4, -0.2) is 69.3 Å². The molecule has 3 heteroatoms. The molecule has 0 aromatic rings. The number of aliphatic carboxylic acids is 1. The molecule has 1 aliphatic carbocycles. The van der Waals surface area contributed by atoms with Crippen LogP contribution in [0.5, 0.6) is 0 Å².